The number of hydrogen-bond acceptors (Lipinski definition) is 5. The van der Waals surface area contributed by atoms with E-state index in [9.17, 15) is 13.2 Å². The highest BCUT2D eigenvalue weighted by Gasteiger charge is 2.20. The van der Waals surface area contributed by atoms with E-state index in [4.69, 9.17) is 9.47 Å². The van der Waals surface area contributed by atoms with Crippen molar-refractivity contribution in [2.24, 2.45) is 0 Å². The molecular formula is C17H27N3O5S. The molecule has 0 atom stereocenters. The highest BCUT2D eigenvalue weighted by molar-refractivity contribution is 7.92. The maximum Gasteiger partial charge on any atom is 0.317 e. The van der Waals surface area contributed by atoms with Gasteiger partial charge in [-0.05, 0) is 38.1 Å². The topological polar surface area (TPSA) is 88.2 Å². The number of hydrogen-bond donors (Lipinski definition) is 1. The summed E-state index contributed by atoms with van der Waals surface area (Å²) in [7, 11) is -2.04. The molecule has 0 aromatic heterocycles. The molecule has 1 aliphatic heterocycles. The van der Waals surface area contributed by atoms with Gasteiger partial charge >= 0.3 is 6.03 Å². The first-order valence-corrected chi connectivity index (χ1v) is 10.2. The van der Waals surface area contributed by atoms with Gasteiger partial charge in [-0.2, -0.15) is 0 Å². The molecule has 0 radical (unpaired) electrons. The van der Waals surface area contributed by atoms with Crippen LogP contribution < -0.4 is 14.4 Å². The number of nitrogens with one attached hydrogen (secondary N) is 1. The smallest absolute Gasteiger partial charge is 0.317 e. The molecule has 0 aliphatic carbocycles. The number of ether oxygens (including phenoxy) is 2. The van der Waals surface area contributed by atoms with Crippen LogP contribution in [-0.4, -0.2) is 71.1 Å². The molecule has 1 heterocycles. The van der Waals surface area contributed by atoms with Gasteiger partial charge in [0.25, 0.3) is 0 Å². The second-order valence-electron chi connectivity index (χ2n) is 6.28. The van der Waals surface area contributed by atoms with Gasteiger partial charge in [0, 0.05) is 26.7 Å². The monoisotopic (exact) mass is 385 g/mol. The van der Waals surface area contributed by atoms with E-state index >= 15 is 0 Å². The van der Waals surface area contributed by atoms with Crippen LogP contribution in [-0.2, 0) is 14.8 Å². The Bertz CT molecular complexity index is 685. The predicted molar refractivity (Wildman–Crippen MR) is 100 cm³/mol. The number of carbonyl (C=O) groups excluding carboxylic acids is 1. The van der Waals surface area contributed by atoms with Crippen molar-refractivity contribution in [3.05, 3.63) is 24.3 Å². The van der Waals surface area contributed by atoms with Crippen LogP contribution in [0.15, 0.2) is 24.3 Å². The van der Waals surface area contributed by atoms with E-state index in [1.165, 1.54) is 11.4 Å². The molecule has 0 saturated carbocycles. The van der Waals surface area contributed by atoms with Crippen LogP contribution >= 0.6 is 0 Å². The lowest BCUT2D eigenvalue weighted by Gasteiger charge is -2.27. The number of sulfonamides is 1. The molecule has 0 spiro atoms. The van der Waals surface area contributed by atoms with Crippen molar-refractivity contribution in [2.75, 3.05) is 50.0 Å². The third kappa shape index (κ3) is 5.77. The molecule has 2 amide bonds. The predicted octanol–water partition coefficient (Wildman–Crippen LogP) is 1.28. The van der Waals surface area contributed by atoms with Gasteiger partial charge in [-0.15, -0.1) is 0 Å². The summed E-state index contributed by atoms with van der Waals surface area (Å²) >= 11 is 0. The Morgan fingerprint density at radius 2 is 1.88 bits per heavy atom. The van der Waals surface area contributed by atoms with Crippen molar-refractivity contribution in [3.8, 4) is 5.75 Å². The number of anilines is 1. The average Bonchev–Trinajstić information content (AvgIpc) is 2.61. The Hall–Kier alpha value is -2.00. The Labute approximate surface area is 155 Å². The minimum absolute atomic E-state index is 0.0530. The Kier molecular flexibility index (Phi) is 7.10. The third-order valence-corrected chi connectivity index (χ3v) is 5.69. The van der Waals surface area contributed by atoms with Gasteiger partial charge in [-0.1, -0.05) is 0 Å². The van der Waals surface area contributed by atoms with Gasteiger partial charge in [0.15, 0.2) is 0 Å². The van der Waals surface area contributed by atoms with Gasteiger partial charge in [0.1, 0.15) is 5.75 Å². The van der Waals surface area contributed by atoms with Crippen LogP contribution in [0, 0.1) is 0 Å². The molecule has 1 fully saturated rings. The van der Waals surface area contributed by atoms with Gasteiger partial charge in [0.05, 0.1) is 30.8 Å². The second kappa shape index (κ2) is 9.09. The zero-order valence-electron chi connectivity index (χ0n) is 15.5. The van der Waals surface area contributed by atoms with E-state index < -0.39 is 10.0 Å². The fraction of sp³-hybridized carbons (Fsp3) is 0.588. The molecule has 0 bridgehead atoms. The molecule has 26 heavy (non-hydrogen) atoms. The lowest BCUT2D eigenvalue weighted by Crippen LogP contribution is -2.47. The number of nitrogens with zero attached hydrogens (tertiary/aromatic N) is 2. The zero-order valence-corrected chi connectivity index (χ0v) is 16.3. The summed E-state index contributed by atoms with van der Waals surface area (Å²) in [5.74, 6) is 0.511. The molecular weight excluding hydrogens is 358 g/mol. The maximum absolute atomic E-state index is 12.5. The van der Waals surface area contributed by atoms with E-state index in [0.29, 0.717) is 37.7 Å². The lowest BCUT2D eigenvalue weighted by molar-refractivity contribution is 0.0533. The largest absolute Gasteiger partial charge is 0.491 e. The molecule has 146 valence electrons. The number of benzene rings is 1. The van der Waals surface area contributed by atoms with Gasteiger partial charge < -0.3 is 19.7 Å². The fourth-order valence-electron chi connectivity index (χ4n) is 2.47. The fourth-order valence-corrected chi connectivity index (χ4v) is 3.55. The summed E-state index contributed by atoms with van der Waals surface area (Å²) in [5, 5.41) is 2.65. The second-order valence-corrected chi connectivity index (χ2v) is 8.40. The molecule has 9 heteroatoms. The molecule has 1 aliphatic rings. The molecule has 1 aromatic carbocycles. The highest BCUT2D eigenvalue weighted by atomic mass is 32.2. The highest BCUT2D eigenvalue weighted by Crippen LogP contribution is 2.21. The molecule has 0 unspecified atom stereocenters. The minimum atomic E-state index is -3.54. The Morgan fingerprint density at radius 1 is 1.27 bits per heavy atom. The third-order valence-electron chi connectivity index (χ3n) is 3.92. The number of urea groups is 1. The van der Waals surface area contributed by atoms with Crippen molar-refractivity contribution in [2.45, 2.75) is 20.0 Å². The zero-order chi connectivity index (χ0) is 19.2. The summed E-state index contributed by atoms with van der Waals surface area (Å²) in [6.07, 6.45) is 0.0531. The average molecular weight is 385 g/mol. The quantitative estimate of drug-likeness (QED) is 0.764. The molecule has 2 rings (SSSR count). The number of rotatable bonds is 7. The van der Waals surface area contributed by atoms with Crippen molar-refractivity contribution < 1.29 is 22.7 Å². The summed E-state index contributed by atoms with van der Waals surface area (Å²) < 4.78 is 36.9. The first-order valence-electron chi connectivity index (χ1n) is 8.63. The first kappa shape index (κ1) is 20.3. The van der Waals surface area contributed by atoms with Crippen molar-refractivity contribution in [1.29, 1.82) is 0 Å². The Morgan fingerprint density at radius 3 is 2.46 bits per heavy atom. The van der Waals surface area contributed by atoms with Gasteiger partial charge in [0.2, 0.25) is 10.0 Å². The van der Waals surface area contributed by atoms with Crippen LogP contribution in [0.25, 0.3) is 0 Å². The number of carbonyl (C=O) groups is 1. The van der Waals surface area contributed by atoms with E-state index in [0.717, 1.165) is 0 Å². The van der Waals surface area contributed by atoms with Crippen LogP contribution in [0.5, 0.6) is 5.75 Å². The lowest BCUT2D eigenvalue weighted by atomic mass is 10.3. The van der Waals surface area contributed by atoms with Crippen molar-refractivity contribution in [1.82, 2.24) is 10.2 Å². The summed E-state index contributed by atoms with van der Waals surface area (Å²) in [6, 6.07) is 6.60. The molecule has 1 N–H and O–H groups in total. The summed E-state index contributed by atoms with van der Waals surface area (Å²) in [6.45, 7) is 5.95. The van der Waals surface area contributed by atoms with E-state index in [2.05, 4.69) is 5.32 Å². The molecule has 1 saturated heterocycles. The summed E-state index contributed by atoms with van der Waals surface area (Å²) in [4.78, 5) is 13.6. The molecule has 8 nitrogen and oxygen atoms in total. The van der Waals surface area contributed by atoms with Crippen LogP contribution in [0.2, 0.25) is 0 Å². The van der Waals surface area contributed by atoms with E-state index in [1.807, 2.05) is 13.8 Å². The van der Waals surface area contributed by atoms with Gasteiger partial charge in [-0.25, -0.2) is 13.2 Å². The normalized spacial score (nSPS) is 15.0. The first-order chi connectivity index (χ1) is 12.3. The van der Waals surface area contributed by atoms with Crippen molar-refractivity contribution in [3.63, 3.8) is 0 Å². The van der Waals surface area contributed by atoms with E-state index in [-0.39, 0.29) is 24.4 Å². The molecule has 1 aromatic rings. The van der Waals surface area contributed by atoms with Crippen molar-refractivity contribution >= 4 is 21.7 Å². The Balaban J connectivity index is 1.86. The SMILES string of the molecule is CC(C)Oc1ccc(N(C)S(=O)(=O)CCNC(=O)N2CCOCC2)cc1. The number of morpholine rings is 1. The maximum atomic E-state index is 12.5. The van der Waals surface area contributed by atoms with Crippen LogP contribution in [0.1, 0.15) is 13.8 Å². The summed E-state index contributed by atoms with van der Waals surface area (Å²) in [5.41, 5.74) is 0.542. The number of amides is 2. The van der Waals surface area contributed by atoms with Crippen LogP contribution in [0.3, 0.4) is 0 Å². The van der Waals surface area contributed by atoms with Gasteiger partial charge in [-0.3, -0.25) is 4.31 Å². The van der Waals surface area contributed by atoms with E-state index in [1.54, 1.807) is 29.2 Å². The standard InChI is InChI=1S/C17H27N3O5S/c1-14(2)25-16-6-4-15(5-7-16)19(3)26(22,23)13-8-18-17(21)20-9-11-24-12-10-20/h4-7,14H,8-13H2,1-3H3,(H,18,21). The van der Waals surface area contributed by atoms with Crippen LogP contribution in [0.4, 0.5) is 10.5 Å². The minimum Gasteiger partial charge on any atom is -0.491 e.